The molecule has 1 rings (SSSR count). The maximum atomic E-state index is 10.8. The molecule has 0 aromatic rings. The standard InChI is InChI=1S/C8H11NO4S/c1-2-5-6(8(12)13)9-4(3-14-5)7(10)11/h4,9H,2-3H2,1H3,(H,10,11)(H,12,13)/t4-/m0/s1. The van der Waals surface area contributed by atoms with Crippen molar-refractivity contribution in [2.24, 2.45) is 0 Å². The van der Waals surface area contributed by atoms with E-state index in [9.17, 15) is 9.59 Å². The second-order valence-corrected chi connectivity index (χ2v) is 3.92. The molecule has 0 aromatic heterocycles. The Labute approximate surface area is 85.2 Å². The van der Waals surface area contributed by atoms with Crippen LogP contribution in [0.25, 0.3) is 0 Å². The van der Waals surface area contributed by atoms with Crippen LogP contribution in [0.15, 0.2) is 10.6 Å². The maximum Gasteiger partial charge on any atom is 0.352 e. The lowest BCUT2D eigenvalue weighted by Crippen LogP contribution is -2.43. The molecule has 0 aromatic carbocycles. The molecular weight excluding hydrogens is 206 g/mol. The zero-order valence-corrected chi connectivity index (χ0v) is 8.43. The van der Waals surface area contributed by atoms with Gasteiger partial charge < -0.3 is 15.5 Å². The van der Waals surface area contributed by atoms with Gasteiger partial charge in [0.15, 0.2) is 0 Å². The van der Waals surface area contributed by atoms with Crippen molar-refractivity contribution in [3.63, 3.8) is 0 Å². The normalized spacial score (nSPS) is 21.6. The molecule has 5 nitrogen and oxygen atoms in total. The van der Waals surface area contributed by atoms with Crippen molar-refractivity contribution in [1.29, 1.82) is 0 Å². The van der Waals surface area contributed by atoms with Crippen LogP contribution >= 0.6 is 11.8 Å². The predicted octanol–water partition coefficient (Wildman–Crippen LogP) is 0.482. The van der Waals surface area contributed by atoms with E-state index in [2.05, 4.69) is 5.32 Å². The monoisotopic (exact) mass is 217 g/mol. The van der Waals surface area contributed by atoms with E-state index in [0.717, 1.165) is 0 Å². The zero-order chi connectivity index (χ0) is 10.7. The first kappa shape index (κ1) is 10.9. The fourth-order valence-electron chi connectivity index (χ4n) is 1.15. The van der Waals surface area contributed by atoms with E-state index < -0.39 is 18.0 Å². The Bertz CT molecular complexity index is 300. The molecule has 1 aliphatic rings. The molecule has 0 spiro atoms. The molecule has 0 unspecified atom stereocenters. The molecule has 6 heteroatoms. The van der Waals surface area contributed by atoms with Crippen molar-refractivity contribution >= 4 is 23.7 Å². The maximum absolute atomic E-state index is 10.8. The molecule has 0 saturated carbocycles. The van der Waals surface area contributed by atoms with E-state index >= 15 is 0 Å². The van der Waals surface area contributed by atoms with Crippen LogP contribution in [-0.4, -0.2) is 33.9 Å². The molecule has 1 atom stereocenters. The summed E-state index contributed by atoms with van der Waals surface area (Å²) >= 11 is 1.29. The molecule has 0 fully saturated rings. The summed E-state index contributed by atoms with van der Waals surface area (Å²) in [6.45, 7) is 1.84. The molecule has 0 radical (unpaired) electrons. The molecule has 78 valence electrons. The minimum atomic E-state index is -1.10. The highest BCUT2D eigenvalue weighted by Gasteiger charge is 2.28. The SMILES string of the molecule is CCC1=C(C(=O)O)N[C@H](C(=O)O)CS1. The van der Waals surface area contributed by atoms with Crippen LogP contribution in [0.1, 0.15) is 13.3 Å². The van der Waals surface area contributed by atoms with Crippen molar-refractivity contribution in [3.8, 4) is 0 Å². The number of carbonyl (C=O) groups is 2. The van der Waals surface area contributed by atoms with E-state index in [-0.39, 0.29) is 5.70 Å². The van der Waals surface area contributed by atoms with Crippen LogP contribution < -0.4 is 5.32 Å². The van der Waals surface area contributed by atoms with Crippen LogP contribution in [0.2, 0.25) is 0 Å². The minimum Gasteiger partial charge on any atom is -0.480 e. The summed E-state index contributed by atoms with van der Waals surface area (Å²) in [6.07, 6.45) is 0.603. The van der Waals surface area contributed by atoms with Crippen LogP contribution in [-0.2, 0) is 9.59 Å². The summed E-state index contributed by atoms with van der Waals surface area (Å²) in [5, 5.41) is 20.0. The average molecular weight is 217 g/mol. The van der Waals surface area contributed by atoms with Gasteiger partial charge in [-0.25, -0.2) is 9.59 Å². The van der Waals surface area contributed by atoms with E-state index in [0.29, 0.717) is 17.1 Å². The predicted molar refractivity (Wildman–Crippen MR) is 52.0 cm³/mol. The van der Waals surface area contributed by atoms with Crippen molar-refractivity contribution < 1.29 is 19.8 Å². The second kappa shape index (κ2) is 4.36. The van der Waals surface area contributed by atoms with Gasteiger partial charge in [-0.05, 0) is 6.42 Å². The first-order valence-electron chi connectivity index (χ1n) is 4.14. The van der Waals surface area contributed by atoms with Crippen molar-refractivity contribution in [1.82, 2.24) is 5.32 Å². The van der Waals surface area contributed by atoms with Gasteiger partial charge in [-0.3, -0.25) is 0 Å². The molecule has 1 heterocycles. The van der Waals surface area contributed by atoms with E-state index in [1.807, 2.05) is 6.92 Å². The van der Waals surface area contributed by atoms with Gasteiger partial charge in [0.25, 0.3) is 0 Å². The topological polar surface area (TPSA) is 86.6 Å². The number of hydrogen-bond donors (Lipinski definition) is 3. The van der Waals surface area contributed by atoms with Gasteiger partial charge in [0.1, 0.15) is 11.7 Å². The summed E-state index contributed by atoms with van der Waals surface area (Å²) in [4.78, 5) is 22.1. The Kier molecular flexibility index (Phi) is 3.40. The molecule has 0 aliphatic carbocycles. The highest BCUT2D eigenvalue weighted by molar-refractivity contribution is 8.03. The Balaban J connectivity index is 2.87. The largest absolute Gasteiger partial charge is 0.480 e. The van der Waals surface area contributed by atoms with Crippen LogP contribution in [0.5, 0.6) is 0 Å². The summed E-state index contributed by atoms with van der Waals surface area (Å²) in [7, 11) is 0. The number of carboxylic acids is 2. The lowest BCUT2D eigenvalue weighted by molar-refractivity contribution is -0.138. The Morgan fingerprint density at radius 1 is 1.57 bits per heavy atom. The Hall–Kier alpha value is -1.17. The number of nitrogens with one attached hydrogen (secondary N) is 1. The number of rotatable bonds is 3. The molecule has 0 amide bonds. The van der Waals surface area contributed by atoms with Crippen LogP contribution in [0.4, 0.5) is 0 Å². The third-order valence-electron chi connectivity index (χ3n) is 1.85. The number of thioether (sulfide) groups is 1. The molecule has 0 saturated heterocycles. The lowest BCUT2D eigenvalue weighted by Gasteiger charge is -2.23. The molecular formula is C8H11NO4S. The molecule has 1 aliphatic heterocycles. The average Bonchev–Trinajstić information content (AvgIpc) is 2.16. The Morgan fingerprint density at radius 2 is 2.21 bits per heavy atom. The first-order chi connectivity index (χ1) is 6.56. The third kappa shape index (κ3) is 2.20. The van der Waals surface area contributed by atoms with Gasteiger partial charge in [-0.2, -0.15) is 0 Å². The Morgan fingerprint density at radius 3 is 2.64 bits per heavy atom. The summed E-state index contributed by atoms with van der Waals surface area (Å²) < 4.78 is 0. The number of carboxylic acid groups (broad SMARTS) is 2. The van der Waals surface area contributed by atoms with Gasteiger partial charge in [-0.1, -0.05) is 6.92 Å². The highest BCUT2D eigenvalue weighted by atomic mass is 32.2. The fraction of sp³-hybridized carbons (Fsp3) is 0.500. The second-order valence-electron chi connectivity index (χ2n) is 2.80. The summed E-state index contributed by atoms with van der Waals surface area (Å²) in [5.74, 6) is -1.75. The lowest BCUT2D eigenvalue weighted by atomic mass is 10.2. The summed E-state index contributed by atoms with van der Waals surface area (Å²) in [6, 6.07) is -0.804. The quantitative estimate of drug-likeness (QED) is 0.637. The number of allylic oxidation sites excluding steroid dienone is 1. The van der Waals surface area contributed by atoms with Crippen molar-refractivity contribution in [2.75, 3.05) is 5.75 Å². The zero-order valence-electron chi connectivity index (χ0n) is 7.61. The fourth-order valence-corrected chi connectivity index (χ4v) is 2.23. The molecule has 0 bridgehead atoms. The van der Waals surface area contributed by atoms with Gasteiger partial charge in [0.05, 0.1) is 0 Å². The van der Waals surface area contributed by atoms with E-state index in [1.165, 1.54) is 11.8 Å². The van der Waals surface area contributed by atoms with Gasteiger partial charge >= 0.3 is 11.9 Å². The van der Waals surface area contributed by atoms with Crippen LogP contribution in [0, 0.1) is 0 Å². The van der Waals surface area contributed by atoms with Crippen molar-refractivity contribution in [3.05, 3.63) is 10.6 Å². The third-order valence-corrected chi connectivity index (χ3v) is 3.20. The molecule has 14 heavy (non-hydrogen) atoms. The molecule has 3 N–H and O–H groups in total. The summed E-state index contributed by atoms with van der Waals surface area (Å²) in [5.41, 5.74) is 0.0242. The minimum absolute atomic E-state index is 0.0242. The number of aliphatic carboxylic acids is 2. The first-order valence-corrected chi connectivity index (χ1v) is 5.13. The van der Waals surface area contributed by atoms with Gasteiger partial charge in [-0.15, -0.1) is 11.8 Å². The van der Waals surface area contributed by atoms with Gasteiger partial charge in [0.2, 0.25) is 0 Å². The van der Waals surface area contributed by atoms with E-state index in [1.54, 1.807) is 0 Å². The van der Waals surface area contributed by atoms with Gasteiger partial charge in [0, 0.05) is 10.7 Å². The van der Waals surface area contributed by atoms with E-state index in [4.69, 9.17) is 10.2 Å². The van der Waals surface area contributed by atoms with Crippen LogP contribution in [0.3, 0.4) is 0 Å². The highest BCUT2D eigenvalue weighted by Crippen LogP contribution is 2.27. The van der Waals surface area contributed by atoms with Crippen molar-refractivity contribution in [2.45, 2.75) is 19.4 Å². The smallest absolute Gasteiger partial charge is 0.352 e. The number of hydrogen-bond acceptors (Lipinski definition) is 4.